The fourth-order valence-corrected chi connectivity index (χ4v) is 4.20. The van der Waals surface area contributed by atoms with E-state index in [0.717, 1.165) is 22.2 Å². The van der Waals surface area contributed by atoms with Gasteiger partial charge in [-0.1, -0.05) is 42.5 Å². The third-order valence-electron chi connectivity index (χ3n) is 6.25. The van der Waals surface area contributed by atoms with Gasteiger partial charge in [-0.05, 0) is 54.8 Å². The maximum Gasteiger partial charge on any atom is 0.336 e. The number of carboxylic acids is 1. The molecular formula is C27H21N3O4. The SMILES string of the molecule is CC1=C(C)C(=O)N(c2ccc3ncn(Cc4ccc(-c5ccccc5C(=O)O)cc4)c3c2)C1=O. The molecular weight excluding hydrogens is 430 g/mol. The number of aromatic nitrogens is 2. The van der Waals surface area contributed by atoms with Gasteiger partial charge in [0.15, 0.2) is 0 Å². The molecule has 0 fully saturated rings. The summed E-state index contributed by atoms with van der Waals surface area (Å²) < 4.78 is 1.96. The molecule has 7 heteroatoms. The molecule has 0 saturated carbocycles. The Kier molecular flexibility index (Phi) is 5.09. The third-order valence-corrected chi connectivity index (χ3v) is 6.25. The van der Waals surface area contributed by atoms with Crippen LogP contribution in [0.3, 0.4) is 0 Å². The van der Waals surface area contributed by atoms with Gasteiger partial charge in [0.1, 0.15) is 0 Å². The van der Waals surface area contributed by atoms with Crippen molar-refractivity contribution in [3.63, 3.8) is 0 Å². The Morgan fingerprint density at radius 3 is 2.26 bits per heavy atom. The standard InChI is InChI=1S/C27H21N3O4/c1-16-17(2)26(32)30(25(16)31)20-11-12-23-24(13-20)29(15-28-23)14-18-7-9-19(10-8-18)21-5-3-4-6-22(21)27(33)34/h3-13,15H,14H2,1-2H3,(H,33,34). The number of carbonyl (C=O) groups is 3. The van der Waals surface area contributed by atoms with Gasteiger partial charge in [-0.15, -0.1) is 0 Å². The van der Waals surface area contributed by atoms with Crippen LogP contribution in [0.1, 0.15) is 29.8 Å². The van der Waals surface area contributed by atoms with Crippen LogP contribution in [-0.2, 0) is 16.1 Å². The summed E-state index contributed by atoms with van der Waals surface area (Å²) in [5.74, 6) is -1.56. The minimum absolute atomic E-state index is 0.259. The first kappa shape index (κ1) is 21.3. The molecule has 0 aliphatic carbocycles. The second-order valence-electron chi connectivity index (χ2n) is 8.29. The Bertz CT molecular complexity index is 1490. The number of rotatable bonds is 5. The molecule has 0 unspecified atom stereocenters. The zero-order valence-electron chi connectivity index (χ0n) is 18.6. The Balaban J connectivity index is 1.44. The molecule has 1 aliphatic heterocycles. The molecule has 7 nitrogen and oxygen atoms in total. The van der Waals surface area contributed by atoms with E-state index in [1.54, 1.807) is 50.5 Å². The molecule has 0 bridgehead atoms. The molecule has 0 saturated heterocycles. The summed E-state index contributed by atoms with van der Waals surface area (Å²) in [6.45, 7) is 3.85. The van der Waals surface area contributed by atoms with Crippen molar-refractivity contribution in [1.82, 2.24) is 9.55 Å². The lowest BCUT2D eigenvalue weighted by Crippen LogP contribution is -2.31. The van der Waals surface area contributed by atoms with Crippen molar-refractivity contribution in [1.29, 1.82) is 0 Å². The number of nitrogens with zero attached hydrogens (tertiary/aromatic N) is 3. The van der Waals surface area contributed by atoms with Gasteiger partial charge in [-0.3, -0.25) is 9.59 Å². The number of anilines is 1. The van der Waals surface area contributed by atoms with Crippen molar-refractivity contribution in [2.24, 2.45) is 0 Å². The second-order valence-corrected chi connectivity index (χ2v) is 8.29. The summed E-state index contributed by atoms with van der Waals surface area (Å²) in [4.78, 5) is 42.3. The Hall–Kier alpha value is -4.52. The van der Waals surface area contributed by atoms with E-state index in [9.17, 15) is 19.5 Å². The van der Waals surface area contributed by atoms with Gasteiger partial charge in [0.2, 0.25) is 0 Å². The van der Waals surface area contributed by atoms with E-state index in [-0.39, 0.29) is 17.4 Å². The Labute approximate surface area is 195 Å². The lowest BCUT2D eigenvalue weighted by atomic mass is 9.99. The molecule has 5 rings (SSSR count). The largest absolute Gasteiger partial charge is 0.478 e. The first-order valence-electron chi connectivity index (χ1n) is 10.8. The molecule has 1 aromatic heterocycles. The molecule has 34 heavy (non-hydrogen) atoms. The highest BCUT2D eigenvalue weighted by molar-refractivity contribution is 6.32. The molecule has 2 heterocycles. The van der Waals surface area contributed by atoms with Crippen LogP contribution >= 0.6 is 0 Å². The van der Waals surface area contributed by atoms with E-state index >= 15 is 0 Å². The van der Waals surface area contributed by atoms with Crippen molar-refractivity contribution in [3.05, 3.63) is 95.3 Å². The van der Waals surface area contributed by atoms with E-state index < -0.39 is 5.97 Å². The van der Waals surface area contributed by atoms with Crippen LogP contribution in [0.15, 0.2) is 84.2 Å². The molecule has 0 radical (unpaired) electrons. The minimum atomic E-state index is -0.962. The topological polar surface area (TPSA) is 92.5 Å². The van der Waals surface area contributed by atoms with Crippen molar-refractivity contribution in [2.45, 2.75) is 20.4 Å². The molecule has 1 N–H and O–H groups in total. The summed E-state index contributed by atoms with van der Waals surface area (Å²) >= 11 is 0. The molecule has 0 spiro atoms. The zero-order valence-corrected chi connectivity index (χ0v) is 18.6. The summed E-state index contributed by atoms with van der Waals surface area (Å²) in [5.41, 5.74) is 5.75. The Morgan fingerprint density at radius 2 is 1.59 bits per heavy atom. The highest BCUT2D eigenvalue weighted by Crippen LogP contribution is 2.30. The quantitative estimate of drug-likeness (QED) is 0.446. The fraction of sp³-hybridized carbons (Fsp3) is 0.111. The third kappa shape index (κ3) is 3.47. The van der Waals surface area contributed by atoms with Crippen LogP contribution in [-0.4, -0.2) is 32.4 Å². The predicted molar refractivity (Wildman–Crippen MR) is 129 cm³/mol. The van der Waals surface area contributed by atoms with Gasteiger partial charge in [0.25, 0.3) is 11.8 Å². The second kappa shape index (κ2) is 8.12. The van der Waals surface area contributed by atoms with Crippen LogP contribution in [0, 0.1) is 0 Å². The van der Waals surface area contributed by atoms with Crippen LogP contribution in [0.4, 0.5) is 5.69 Å². The van der Waals surface area contributed by atoms with E-state index in [4.69, 9.17) is 0 Å². The van der Waals surface area contributed by atoms with Gasteiger partial charge in [-0.2, -0.15) is 0 Å². The number of hydrogen-bond acceptors (Lipinski definition) is 4. The number of hydrogen-bond donors (Lipinski definition) is 1. The van der Waals surface area contributed by atoms with Crippen LogP contribution < -0.4 is 4.90 Å². The van der Waals surface area contributed by atoms with E-state index in [1.165, 1.54) is 4.90 Å². The van der Waals surface area contributed by atoms with Gasteiger partial charge in [-0.25, -0.2) is 14.7 Å². The number of imidazole rings is 1. The maximum atomic E-state index is 12.6. The number of carbonyl (C=O) groups excluding carboxylic acids is 2. The molecule has 1 aliphatic rings. The predicted octanol–water partition coefficient (Wildman–Crippen LogP) is 4.66. The fourth-order valence-electron chi connectivity index (χ4n) is 4.20. The number of carboxylic acid groups (broad SMARTS) is 1. The van der Waals surface area contributed by atoms with Crippen molar-refractivity contribution >= 4 is 34.5 Å². The number of fused-ring (bicyclic) bond motifs is 1. The smallest absolute Gasteiger partial charge is 0.336 e. The highest BCUT2D eigenvalue weighted by atomic mass is 16.4. The van der Waals surface area contributed by atoms with Crippen LogP contribution in [0.5, 0.6) is 0 Å². The lowest BCUT2D eigenvalue weighted by molar-refractivity contribution is -0.120. The average molecular weight is 451 g/mol. The minimum Gasteiger partial charge on any atom is -0.478 e. The number of imide groups is 1. The van der Waals surface area contributed by atoms with E-state index in [0.29, 0.717) is 28.9 Å². The summed E-state index contributed by atoms with van der Waals surface area (Å²) in [6, 6.07) is 20.0. The van der Waals surface area contributed by atoms with Crippen LogP contribution in [0.25, 0.3) is 22.2 Å². The Morgan fingerprint density at radius 1 is 0.912 bits per heavy atom. The van der Waals surface area contributed by atoms with Crippen molar-refractivity contribution < 1.29 is 19.5 Å². The van der Waals surface area contributed by atoms with E-state index in [2.05, 4.69) is 4.98 Å². The van der Waals surface area contributed by atoms with Gasteiger partial charge in [0, 0.05) is 17.7 Å². The summed E-state index contributed by atoms with van der Waals surface area (Å²) in [5, 5.41) is 9.46. The molecule has 4 aromatic rings. The molecule has 2 amide bonds. The van der Waals surface area contributed by atoms with E-state index in [1.807, 2.05) is 41.0 Å². The molecule has 168 valence electrons. The number of amides is 2. The first-order valence-corrected chi connectivity index (χ1v) is 10.8. The van der Waals surface area contributed by atoms with Gasteiger partial charge in [0.05, 0.1) is 28.6 Å². The summed E-state index contributed by atoms with van der Waals surface area (Å²) in [7, 11) is 0. The first-order chi connectivity index (χ1) is 16.3. The lowest BCUT2D eigenvalue weighted by Gasteiger charge is -2.15. The zero-order chi connectivity index (χ0) is 24.0. The van der Waals surface area contributed by atoms with Gasteiger partial charge >= 0.3 is 5.97 Å². The van der Waals surface area contributed by atoms with Crippen molar-refractivity contribution in [2.75, 3.05) is 4.90 Å². The number of aromatic carboxylic acids is 1. The number of benzene rings is 3. The average Bonchev–Trinajstić information content (AvgIpc) is 3.33. The molecule has 3 aromatic carbocycles. The molecule has 0 atom stereocenters. The van der Waals surface area contributed by atoms with Crippen molar-refractivity contribution in [3.8, 4) is 11.1 Å². The monoisotopic (exact) mass is 451 g/mol. The van der Waals surface area contributed by atoms with Crippen LogP contribution in [0.2, 0.25) is 0 Å². The highest BCUT2D eigenvalue weighted by Gasteiger charge is 2.34. The summed E-state index contributed by atoms with van der Waals surface area (Å²) in [6.07, 6.45) is 1.73. The normalized spacial score (nSPS) is 13.9. The maximum absolute atomic E-state index is 12.6. The van der Waals surface area contributed by atoms with Gasteiger partial charge < -0.3 is 9.67 Å².